The van der Waals surface area contributed by atoms with Crippen LogP contribution in [0.5, 0.6) is 0 Å². The summed E-state index contributed by atoms with van der Waals surface area (Å²) in [6.07, 6.45) is 9.12. The van der Waals surface area contributed by atoms with Crippen molar-refractivity contribution in [3.05, 3.63) is 70.7 Å². The molecule has 7 rings (SSSR count). The Bertz CT molecular complexity index is 1890. The largest absolute Gasteiger partial charge is 0.378 e. The molecule has 218 valence electrons. The highest BCUT2D eigenvalue weighted by Crippen LogP contribution is 2.43. The quantitative estimate of drug-likeness (QED) is 0.268. The molecule has 0 amide bonds. The minimum absolute atomic E-state index is 0.152. The van der Waals surface area contributed by atoms with Crippen LogP contribution in [0.2, 0.25) is 5.02 Å². The summed E-state index contributed by atoms with van der Waals surface area (Å²) in [5.74, 6) is 0. The molecule has 2 saturated heterocycles. The zero-order valence-corrected chi connectivity index (χ0v) is 25.3. The fourth-order valence-corrected chi connectivity index (χ4v) is 8.34. The summed E-state index contributed by atoms with van der Waals surface area (Å²) in [5, 5.41) is 16.8. The van der Waals surface area contributed by atoms with Crippen LogP contribution in [0.3, 0.4) is 0 Å². The van der Waals surface area contributed by atoms with E-state index >= 15 is 0 Å². The summed E-state index contributed by atoms with van der Waals surface area (Å²) in [5.41, 5.74) is 1.77. The van der Waals surface area contributed by atoms with Gasteiger partial charge in [-0.1, -0.05) is 29.3 Å². The Morgan fingerprint density at radius 1 is 1.07 bits per heavy atom. The third kappa shape index (κ3) is 4.76. The SMILES string of the molecule is Cc1ccc(S(=O)(=O)n2c(-c3cnn(CCN4CCCC4)c3)cc3c(-c4cnc(C5(O)COC5)s4)c(Cl)cnc32)cc1. The average Bonchev–Trinajstić information content (AvgIpc) is 3.76. The van der Waals surface area contributed by atoms with Crippen molar-refractivity contribution in [1.29, 1.82) is 0 Å². The first-order valence-corrected chi connectivity index (χ1v) is 16.4. The van der Waals surface area contributed by atoms with Crippen LogP contribution in [-0.2, 0) is 26.9 Å². The number of likely N-dealkylation sites (tertiary alicyclic amines) is 1. The van der Waals surface area contributed by atoms with E-state index in [4.69, 9.17) is 16.3 Å². The lowest BCUT2D eigenvalue weighted by Crippen LogP contribution is -2.46. The molecule has 2 aliphatic rings. The molecule has 0 radical (unpaired) electrons. The fourth-order valence-electron chi connectivity index (χ4n) is 5.50. The number of rotatable bonds is 8. The van der Waals surface area contributed by atoms with Crippen LogP contribution in [0.25, 0.3) is 32.7 Å². The topological polar surface area (TPSA) is 115 Å². The van der Waals surface area contributed by atoms with Crippen molar-refractivity contribution < 1.29 is 18.3 Å². The number of nitrogens with zero attached hydrogens (tertiary/aromatic N) is 6. The molecule has 10 nitrogen and oxygen atoms in total. The van der Waals surface area contributed by atoms with Gasteiger partial charge in [0.1, 0.15) is 5.01 Å². The van der Waals surface area contributed by atoms with Gasteiger partial charge in [-0.15, -0.1) is 11.3 Å². The highest BCUT2D eigenvalue weighted by atomic mass is 35.5. The monoisotopic (exact) mass is 624 g/mol. The van der Waals surface area contributed by atoms with Crippen LogP contribution in [0, 0.1) is 6.92 Å². The van der Waals surface area contributed by atoms with Crippen LogP contribution in [-0.4, -0.2) is 75.0 Å². The van der Waals surface area contributed by atoms with Gasteiger partial charge in [-0.05, 0) is 51.1 Å². The summed E-state index contributed by atoms with van der Waals surface area (Å²) in [6, 6.07) is 8.56. The number of hydrogen-bond donors (Lipinski definition) is 1. The van der Waals surface area contributed by atoms with Gasteiger partial charge in [0.25, 0.3) is 10.0 Å². The van der Waals surface area contributed by atoms with E-state index in [9.17, 15) is 13.5 Å². The summed E-state index contributed by atoms with van der Waals surface area (Å²) >= 11 is 8.03. The number of fused-ring (bicyclic) bond motifs is 1. The lowest BCUT2D eigenvalue weighted by atomic mass is 10.0. The highest BCUT2D eigenvalue weighted by molar-refractivity contribution is 7.90. The number of aromatic nitrogens is 5. The maximum atomic E-state index is 14.2. The minimum atomic E-state index is -4.06. The smallest absolute Gasteiger partial charge is 0.269 e. The van der Waals surface area contributed by atoms with Gasteiger partial charge in [-0.25, -0.2) is 22.4 Å². The molecule has 4 aromatic heterocycles. The Labute approximate surface area is 252 Å². The molecule has 2 aliphatic heterocycles. The molecule has 0 saturated carbocycles. The number of thiazole rings is 1. The Kier molecular flexibility index (Phi) is 6.95. The van der Waals surface area contributed by atoms with Crippen LogP contribution < -0.4 is 0 Å². The van der Waals surface area contributed by atoms with Gasteiger partial charge < -0.3 is 14.7 Å². The number of aryl methyl sites for hydroxylation is 1. The molecule has 6 heterocycles. The van der Waals surface area contributed by atoms with Gasteiger partial charge in [0, 0.05) is 41.6 Å². The first kappa shape index (κ1) is 27.7. The van der Waals surface area contributed by atoms with Crippen molar-refractivity contribution in [2.45, 2.75) is 36.8 Å². The number of halogens is 1. The van der Waals surface area contributed by atoms with E-state index in [-0.39, 0.29) is 23.8 Å². The van der Waals surface area contributed by atoms with Crippen molar-refractivity contribution in [3.8, 4) is 21.7 Å². The summed E-state index contributed by atoms with van der Waals surface area (Å²) < 4.78 is 36.8. The Morgan fingerprint density at radius 2 is 1.83 bits per heavy atom. The molecule has 5 aromatic rings. The van der Waals surface area contributed by atoms with Crippen molar-refractivity contribution >= 4 is 44.0 Å². The first-order valence-electron chi connectivity index (χ1n) is 13.8. The average molecular weight is 625 g/mol. The van der Waals surface area contributed by atoms with Crippen LogP contribution in [0.4, 0.5) is 0 Å². The molecule has 0 unspecified atom stereocenters. The van der Waals surface area contributed by atoms with Gasteiger partial charge in [-0.3, -0.25) is 4.68 Å². The lowest BCUT2D eigenvalue weighted by Gasteiger charge is -2.34. The Hall–Kier alpha value is -3.13. The highest BCUT2D eigenvalue weighted by Gasteiger charge is 2.41. The third-order valence-electron chi connectivity index (χ3n) is 7.91. The molecule has 0 atom stereocenters. The van der Waals surface area contributed by atoms with Gasteiger partial charge in [-0.2, -0.15) is 5.10 Å². The third-order valence-corrected chi connectivity index (χ3v) is 11.1. The number of hydrogen-bond acceptors (Lipinski definition) is 9. The van der Waals surface area contributed by atoms with E-state index in [1.807, 2.05) is 17.8 Å². The van der Waals surface area contributed by atoms with Crippen molar-refractivity contribution in [3.63, 3.8) is 0 Å². The minimum Gasteiger partial charge on any atom is -0.378 e. The van der Waals surface area contributed by atoms with Crippen molar-refractivity contribution in [1.82, 2.24) is 28.6 Å². The maximum Gasteiger partial charge on any atom is 0.269 e. The van der Waals surface area contributed by atoms with E-state index in [1.54, 1.807) is 42.7 Å². The molecule has 13 heteroatoms. The van der Waals surface area contributed by atoms with E-state index in [1.165, 1.54) is 34.3 Å². The zero-order chi connectivity index (χ0) is 29.1. The van der Waals surface area contributed by atoms with Crippen molar-refractivity contribution in [2.24, 2.45) is 0 Å². The van der Waals surface area contributed by atoms with Gasteiger partial charge in [0.15, 0.2) is 11.2 Å². The van der Waals surface area contributed by atoms with Gasteiger partial charge in [0.2, 0.25) is 0 Å². The zero-order valence-electron chi connectivity index (χ0n) is 22.9. The number of benzene rings is 1. The molecule has 2 fully saturated rings. The molecular weight excluding hydrogens is 596 g/mol. The molecule has 1 N–H and O–H groups in total. The van der Waals surface area contributed by atoms with Crippen LogP contribution in [0.1, 0.15) is 23.4 Å². The molecule has 1 aromatic carbocycles. The molecule has 42 heavy (non-hydrogen) atoms. The lowest BCUT2D eigenvalue weighted by molar-refractivity contribution is -0.184. The second-order valence-electron chi connectivity index (χ2n) is 10.9. The maximum absolute atomic E-state index is 14.2. The van der Waals surface area contributed by atoms with Crippen molar-refractivity contribution in [2.75, 3.05) is 32.8 Å². The predicted octanol–water partition coefficient (Wildman–Crippen LogP) is 4.54. The molecule has 0 bridgehead atoms. The summed E-state index contributed by atoms with van der Waals surface area (Å²) in [4.78, 5) is 12.2. The molecule has 0 spiro atoms. The van der Waals surface area contributed by atoms with E-state index in [0.717, 1.165) is 25.2 Å². The second-order valence-corrected chi connectivity index (χ2v) is 14.1. The Morgan fingerprint density at radius 3 is 2.55 bits per heavy atom. The van der Waals surface area contributed by atoms with Gasteiger partial charge in [0.05, 0.1) is 46.4 Å². The number of ether oxygens (including phenoxy) is 1. The predicted molar refractivity (Wildman–Crippen MR) is 161 cm³/mol. The van der Waals surface area contributed by atoms with E-state index < -0.39 is 15.6 Å². The fraction of sp³-hybridized carbons (Fsp3) is 0.345. The van der Waals surface area contributed by atoms with Gasteiger partial charge >= 0.3 is 0 Å². The second kappa shape index (κ2) is 10.5. The standard InChI is InChI=1S/C29H29ClN6O4S2/c1-19-4-6-21(7-5-19)42(38,39)36-24(20-13-33-35(16-20)11-10-34-8-2-3-9-34)12-22-26(23(30)14-31-27(22)36)25-15-32-28(41-25)29(37)17-40-18-29/h4-7,12-16,37H,2-3,8-11,17-18H2,1H3. The number of pyridine rings is 1. The van der Waals surface area contributed by atoms with E-state index in [2.05, 4.69) is 20.0 Å². The first-order chi connectivity index (χ1) is 20.2. The van der Waals surface area contributed by atoms with E-state index in [0.29, 0.717) is 43.7 Å². The summed E-state index contributed by atoms with van der Waals surface area (Å²) in [7, 11) is -4.06. The molecule has 0 aliphatic carbocycles. The van der Waals surface area contributed by atoms with Crippen LogP contribution >= 0.6 is 22.9 Å². The normalized spacial score (nSPS) is 17.2. The number of aliphatic hydroxyl groups is 1. The molecular formula is C29H29ClN6O4S2. The summed E-state index contributed by atoms with van der Waals surface area (Å²) in [6.45, 7) is 6.04. The van der Waals surface area contributed by atoms with Crippen LogP contribution in [0.15, 0.2) is 60.0 Å². The Balaban J connectivity index is 1.38.